The predicted molar refractivity (Wildman–Crippen MR) is 152 cm³/mol. The summed E-state index contributed by atoms with van der Waals surface area (Å²) in [6, 6.07) is 21.3. The van der Waals surface area contributed by atoms with Crippen LogP contribution in [0.4, 0.5) is 0 Å². The average molecular weight is 526 g/mol. The lowest BCUT2D eigenvalue weighted by atomic mass is 9.67. The van der Waals surface area contributed by atoms with Gasteiger partial charge in [0.25, 0.3) is 0 Å². The Labute approximate surface area is 228 Å². The van der Waals surface area contributed by atoms with E-state index in [2.05, 4.69) is 6.08 Å². The fourth-order valence-electron chi connectivity index (χ4n) is 6.48. The molecule has 1 aliphatic heterocycles. The van der Waals surface area contributed by atoms with Gasteiger partial charge in [0.1, 0.15) is 5.75 Å². The molecule has 0 bridgehead atoms. The number of aromatic hydroxyl groups is 1. The molecule has 3 aromatic carbocycles. The van der Waals surface area contributed by atoms with Crippen molar-refractivity contribution in [1.82, 2.24) is 4.90 Å². The molecule has 0 spiro atoms. The van der Waals surface area contributed by atoms with Crippen molar-refractivity contribution in [3.05, 3.63) is 89.0 Å². The van der Waals surface area contributed by atoms with Gasteiger partial charge in [0, 0.05) is 18.4 Å². The number of likely N-dealkylation sites (tertiary alicyclic amines) is 1. The van der Waals surface area contributed by atoms with Gasteiger partial charge in [-0.05, 0) is 59.4 Å². The van der Waals surface area contributed by atoms with Crippen LogP contribution in [0.3, 0.4) is 0 Å². The molecule has 3 N–H and O–H groups in total. The number of amides is 2. The van der Waals surface area contributed by atoms with E-state index in [0.717, 1.165) is 38.6 Å². The molecule has 5 rings (SSSR count). The summed E-state index contributed by atoms with van der Waals surface area (Å²) in [7, 11) is 1.50. The number of fused-ring (bicyclic) bond motifs is 2. The maximum absolute atomic E-state index is 12.9. The third kappa shape index (κ3) is 4.90. The first-order valence-corrected chi connectivity index (χ1v) is 13.6. The van der Waals surface area contributed by atoms with Gasteiger partial charge in [-0.25, -0.2) is 0 Å². The number of allylic oxidation sites excluding steroid dienone is 2. The zero-order valence-electron chi connectivity index (χ0n) is 22.4. The summed E-state index contributed by atoms with van der Waals surface area (Å²) in [4.78, 5) is 26.8. The third-order valence-corrected chi connectivity index (χ3v) is 8.48. The molecule has 1 heterocycles. The zero-order valence-corrected chi connectivity index (χ0v) is 22.4. The predicted octanol–water partition coefficient (Wildman–Crippen LogP) is 5.18. The molecule has 39 heavy (non-hydrogen) atoms. The van der Waals surface area contributed by atoms with Gasteiger partial charge in [-0.2, -0.15) is 0 Å². The summed E-state index contributed by atoms with van der Waals surface area (Å²) < 4.78 is 0. The van der Waals surface area contributed by atoms with E-state index in [-0.39, 0.29) is 24.2 Å². The molecular formula is C33H35NO5. The second kappa shape index (κ2) is 11.2. The van der Waals surface area contributed by atoms with Gasteiger partial charge in [-0.1, -0.05) is 79.2 Å². The van der Waals surface area contributed by atoms with Gasteiger partial charge in [0.2, 0.25) is 11.8 Å². The lowest BCUT2D eigenvalue weighted by molar-refractivity contribution is -0.138. The minimum Gasteiger partial charge on any atom is -0.507 e. The largest absolute Gasteiger partial charge is 0.507 e. The first kappa shape index (κ1) is 26.9. The number of imide groups is 1. The second-order valence-electron chi connectivity index (χ2n) is 10.6. The van der Waals surface area contributed by atoms with Gasteiger partial charge >= 0.3 is 0 Å². The SMILES string of the molecule is CCC1=C([C@H](O)CC/C(=C/c2ccc(O)c3ccccc23)c2ccccc2)[C@H](CO)[C@@H]2C(=O)N(C)C(=O)[C@@H]2C1. The lowest BCUT2D eigenvalue weighted by Gasteiger charge is -2.36. The molecule has 2 amide bonds. The van der Waals surface area contributed by atoms with Gasteiger partial charge < -0.3 is 15.3 Å². The summed E-state index contributed by atoms with van der Waals surface area (Å²) in [5.74, 6) is -1.89. The first-order valence-electron chi connectivity index (χ1n) is 13.6. The van der Waals surface area contributed by atoms with Crippen LogP contribution in [0, 0.1) is 17.8 Å². The molecule has 202 valence electrons. The smallest absolute Gasteiger partial charge is 0.233 e. The Bertz CT molecular complexity index is 1460. The molecule has 6 nitrogen and oxygen atoms in total. The van der Waals surface area contributed by atoms with E-state index in [1.54, 1.807) is 6.07 Å². The summed E-state index contributed by atoms with van der Waals surface area (Å²) in [6.07, 6.45) is 3.31. The number of phenols is 1. The number of nitrogens with zero attached hydrogens (tertiary/aromatic N) is 1. The third-order valence-electron chi connectivity index (χ3n) is 8.48. The lowest BCUT2D eigenvalue weighted by Crippen LogP contribution is -2.38. The molecular weight excluding hydrogens is 490 g/mol. The highest BCUT2D eigenvalue weighted by molar-refractivity contribution is 6.05. The van der Waals surface area contributed by atoms with Crippen molar-refractivity contribution in [2.75, 3.05) is 13.7 Å². The maximum atomic E-state index is 12.9. The van der Waals surface area contributed by atoms with Crippen molar-refractivity contribution in [3.8, 4) is 5.75 Å². The van der Waals surface area contributed by atoms with Crippen molar-refractivity contribution in [2.24, 2.45) is 17.8 Å². The molecule has 1 saturated heterocycles. The molecule has 4 atom stereocenters. The van der Waals surface area contributed by atoms with Crippen LogP contribution in [0.25, 0.3) is 22.4 Å². The number of carbonyl (C=O) groups is 2. The number of aliphatic hydroxyl groups excluding tert-OH is 2. The van der Waals surface area contributed by atoms with Gasteiger partial charge in [-0.15, -0.1) is 0 Å². The molecule has 0 saturated carbocycles. The zero-order chi connectivity index (χ0) is 27.7. The van der Waals surface area contributed by atoms with Crippen LogP contribution in [0.15, 0.2) is 77.9 Å². The molecule has 0 unspecified atom stereocenters. The van der Waals surface area contributed by atoms with E-state index in [1.807, 2.05) is 67.6 Å². The fraction of sp³-hybridized carbons (Fsp3) is 0.333. The highest BCUT2D eigenvalue weighted by atomic mass is 16.3. The normalized spacial score (nSPS) is 22.5. The highest BCUT2D eigenvalue weighted by Gasteiger charge is 2.53. The summed E-state index contributed by atoms with van der Waals surface area (Å²) in [6.45, 7) is 1.71. The van der Waals surface area contributed by atoms with Crippen LogP contribution in [0.1, 0.15) is 43.7 Å². The van der Waals surface area contributed by atoms with Crippen molar-refractivity contribution in [3.63, 3.8) is 0 Å². The Hall–Kier alpha value is -3.74. The monoisotopic (exact) mass is 525 g/mol. The molecule has 1 fully saturated rings. The Morgan fingerprint density at radius 2 is 1.69 bits per heavy atom. The van der Waals surface area contributed by atoms with E-state index in [9.17, 15) is 24.9 Å². The van der Waals surface area contributed by atoms with E-state index in [1.165, 1.54) is 11.9 Å². The Kier molecular flexibility index (Phi) is 7.69. The van der Waals surface area contributed by atoms with Crippen LogP contribution in [-0.2, 0) is 9.59 Å². The van der Waals surface area contributed by atoms with Gasteiger partial charge in [-0.3, -0.25) is 14.5 Å². The number of benzene rings is 3. The molecule has 0 aromatic heterocycles. The fourth-order valence-corrected chi connectivity index (χ4v) is 6.48. The van der Waals surface area contributed by atoms with Crippen LogP contribution in [0.5, 0.6) is 5.75 Å². The molecule has 6 heteroatoms. The number of carbonyl (C=O) groups excluding carboxylic acids is 2. The molecule has 1 aliphatic carbocycles. The minimum atomic E-state index is -0.851. The van der Waals surface area contributed by atoms with E-state index in [4.69, 9.17) is 0 Å². The number of rotatable bonds is 8. The van der Waals surface area contributed by atoms with E-state index in [0.29, 0.717) is 25.7 Å². The Morgan fingerprint density at radius 3 is 2.38 bits per heavy atom. The van der Waals surface area contributed by atoms with Crippen molar-refractivity contribution in [2.45, 2.75) is 38.7 Å². The Morgan fingerprint density at radius 1 is 1.00 bits per heavy atom. The first-order chi connectivity index (χ1) is 18.8. The van der Waals surface area contributed by atoms with Crippen LogP contribution >= 0.6 is 0 Å². The van der Waals surface area contributed by atoms with Gasteiger partial charge in [0.15, 0.2) is 0 Å². The summed E-state index contributed by atoms with van der Waals surface area (Å²) in [5.41, 5.74) is 4.73. The van der Waals surface area contributed by atoms with Crippen LogP contribution < -0.4 is 0 Å². The Balaban J connectivity index is 1.48. The van der Waals surface area contributed by atoms with Crippen molar-refractivity contribution < 1.29 is 24.9 Å². The summed E-state index contributed by atoms with van der Waals surface area (Å²) in [5, 5.41) is 34.0. The van der Waals surface area contributed by atoms with Crippen LogP contribution in [-0.4, -0.2) is 51.8 Å². The number of hydrogen-bond donors (Lipinski definition) is 3. The standard InChI is InChI=1S/C33H35NO5/c1-3-20-18-26-31(33(39)34(2)32(26)38)27(19-35)30(20)29(37)16-13-22(21-9-5-4-6-10-21)17-23-14-15-28(36)25-12-8-7-11-24(23)25/h4-12,14-15,17,26-27,29,31,35-37H,3,13,16,18-19H2,1-2H3/b22-17-/t26-,27+,29-,31-/m1/s1. The number of hydrogen-bond acceptors (Lipinski definition) is 5. The highest BCUT2D eigenvalue weighted by Crippen LogP contribution is 2.46. The quantitative estimate of drug-likeness (QED) is 0.214. The maximum Gasteiger partial charge on any atom is 0.233 e. The van der Waals surface area contributed by atoms with Gasteiger partial charge in [0.05, 0.1) is 24.5 Å². The molecule has 0 radical (unpaired) electrons. The molecule has 2 aliphatic rings. The average Bonchev–Trinajstić information content (AvgIpc) is 3.19. The van der Waals surface area contributed by atoms with Crippen molar-refractivity contribution >= 4 is 34.2 Å². The van der Waals surface area contributed by atoms with E-state index >= 15 is 0 Å². The van der Waals surface area contributed by atoms with Crippen LogP contribution in [0.2, 0.25) is 0 Å². The minimum absolute atomic E-state index is 0.196. The number of phenolic OH excluding ortho intramolecular Hbond substituents is 1. The topological polar surface area (TPSA) is 98.1 Å². The van der Waals surface area contributed by atoms with E-state index < -0.39 is 23.9 Å². The second-order valence-corrected chi connectivity index (χ2v) is 10.6. The molecule has 3 aromatic rings. The number of aliphatic hydroxyl groups is 2. The van der Waals surface area contributed by atoms with Crippen molar-refractivity contribution in [1.29, 1.82) is 0 Å². The summed E-state index contributed by atoms with van der Waals surface area (Å²) >= 11 is 0.